The summed E-state index contributed by atoms with van der Waals surface area (Å²) in [5.74, 6) is 1.23. The van der Waals surface area contributed by atoms with Crippen LogP contribution in [0.1, 0.15) is 31.7 Å². The largest absolute Gasteiger partial charge is 0.357 e. The number of halogens is 1. The second kappa shape index (κ2) is 11.1. The van der Waals surface area contributed by atoms with E-state index < -0.39 is 0 Å². The third kappa shape index (κ3) is 5.30. The Hall–Kier alpha value is -1.90. The first-order valence-corrected chi connectivity index (χ1v) is 11.3. The van der Waals surface area contributed by atoms with E-state index in [1.807, 2.05) is 13.0 Å². The van der Waals surface area contributed by atoms with E-state index in [0.717, 1.165) is 38.3 Å². The van der Waals surface area contributed by atoms with Crippen LogP contribution >= 0.6 is 24.0 Å². The first kappa shape index (κ1) is 23.8. The van der Waals surface area contributed by atoms with E-state index >= 15 is 0 Å². The molecule has 168 valence electrons. The average Bonchev–Trinajstić information content (AvgIpc) is 3.44. The highest BCUT2D eigenvalue weighted by molar-refractivity contribution is 14.0. The number of likely N-dealkylation sites (tertiary alicyclic amines) is 1. The predicted octanol–water partition coefficient (Wildman–Crippen LogP) is 2.99. The quantitative estimate of drug-likeness (QED) is 0.127. The van der Waals surface area contributed by atoms with Gasteiger partial charge in [0.05, 0.1) is 11.8 Å². The van der Waals surface area contributed by atoms with Crippen molar-refractivity contribution in [2.45, 2.75) is 32.6 Å². The van der Waals surface area contributed by atoms with E-state index in [1.54, 1.807) is 0 Å². The van der Waals surface area contributed by atoms with Gasteiger partial charge in [0.1, 0.15) is 0 Å². The van der Waals surface area contributed by atoms with Crippen molar-refractivity contribution in [2.24, 2.45) is 28.7 Å². The number of aliphatic imine (C=N–C) groups is 1. The molecule has 2 amide bonds. The van der Waals surface area contributed by atoms with Crippen LogP contribution in [0.2, 0.25) is 0 Å². The molecule has 4 atom stereocenters. The van der Waals surface area contributed by atoms with Gasteiger partial charge < -0.3 is 10.6 Å². The van der Waals surface area contributed by atoms with Crippen LogP contribution in [0.25, 0.3) is 0 Å². The molecule has 6 nitrogen and oxygen atoms in total. The molecule has 31 heavy (non-hydrogen) atoms. The minimum absolute atomic E-state index is 0. The molecule has 1 heterocycles. The molecular weight excluding hydrogens is 503 g/mol. The van der Waals surface area contributed by atoms with Crippen molar-refractivity contribution in [2.75, 3.05) is 26.2 Å². The van der Waals surface area contributed by atoms with Crippen LogP contribution < -0.4 is 10.6 Å². The van der Waals surface area contributed by atoms with Gasteiger partial charge in [0.25, 0.3) is 0 Å². The molecule has 0 spiro atoms. The fourth-order valence-electron chi connectivity index (χ4n) is 5.09. The van der Waals surface area contributed by atoms with Gasteiger partial charge in [0, 0.05) is 26.2 Å². The van der Waals surface area contributed by atoms with E-state index in [2.05, 4.69) is 52.0 Å². The molecule has 2 fully saturated rings. The Morgan fingerprint density at radius 3 is 2.35 bits per heavy atom. The molecule has 7 heteroatoms. The molecule has 3 aliphatic rings. The molecule has 2 aliphatic carbocycles. The van der Waals surface area contributed by atoms with Crippen molar-refractivity contribution >= 4 is 41.8 Å². The number of nitrogens with zero attached hydrogens (tertiary/aromatic N) is 2. The van der Waals surface area contributed by atoms with Gasteiger partial charge in [-0.05, 0) is 50.0 Å². The Morgan fingerprint density at radius 2 is 1.71 bits per heavy atom. The number of guanidine groups is 1. The zero-order valence-electron chi connectivity index (χ0n) is 18.1. The molecule has 1 aliphatic heterocycles. The van der Waals surface area contributed by atoms with E-state index in [4.69, 9.17) is 0 Å². The zero-order chi connectivity index (χ0) is 20.9. The fourth-order valence-corrected chi connectivity index (χ4v) is 5.09. The number of nitrogens with one attached hydrogen (secondary N) is 2. The lowest BCUT2D eigenvalue weighted by Crippen LogP contribution is -2.38. The van der Waals surface area contributed by atoms with E-state index in [9.17, 15) is 9.59 Å². The van der Waals surface area contributed by atoms with Gasteiger partial charge in [0.15, 0.2) is 5.96 Å². The maximum atomic E-state index is 12.7. The summed E-state index contributed by atoms with van der Waals surface area (Å²) >= 11 is 0. The number of hydrogen-bond donors (Lipinski definition) is 2. The smallest absolute Gasteiger partial charge is 0.233 e. The molecule has 1 saturated heterocycles. The van der Waals surface area contributed by atoms with Gasteiger partial charge in [-0.1, -0.05) is 42.5 Å². The molecule has 1 saturated carbocycles. The minimum atomic E-state index is -0.0976. The molecule has 0 aromatic heterocycles. The lowest BCUT2D eigenvalue weighted by Gasteiger charge is -2.17. The topological polar surface area (TPSA) is 73.8 Å². The standard InChI is InChI=1S/C24H32N4O2.HI/c1-2-25-24(26-13-6-10-17-8-4-3-5-9-17)27-14-7-15-28-22(29)20-18-11-12-19(16-18)21(20)23(28)30;/h3-5,8-9,11-12,18-21H,2,6-7,10,13-16H2,1H3,(H2,25,26,27);1H. The van der Waals surface area contributed by atoms with Crippen LogP contribution in [0, 0.1) is 23.7 Å². The van der Waals surface area contributed by atoms with Crippen molar-refractivity contribution in [1.82, 2.24) is 15.5 Å². The molecule has 1 aromatic rings. The zero-order valence-corrected chi connectivity index (χ0v) is 20.5. The van der Waals surface area contributed by atoms with E-state index in [1.165, 1.54) is 10.5 Å². The molecule has 4 unspecified atom stereocenters. The summed E-state index contributed by atoms with van der Waals surface area (Å²) in [6.45, 7) is 4.76. The van der Waals surface area contributed by atoms with Gasteiger partial charge >= 0.3 is 0 Å². The van der Waals surface area contributed by atoms with Crippen molar-refractivity contribution in [3.05, 3.63) is 48.0 Å². The highest BCUT2D eigenvalue weighted by atomic mass is 127. The Labute approximate surface area is 202 Å². The summed E-state index contributed by atoms with van der Waals surface area (Å²) in [6.07, 6.45) is 8.01. The first-order chi connectivity index (χ1) is 14.7. The number of fused-ring (bicyclic) bond motifs is 5. The molecule has 0 radical (unpaired) electrons. The number of hydrogen-bond acceptors (Lipinski definition) is 3. The lowest BCUT2D eigenvalue weighted by molar-refractivity contribution is -0.140. The second-order valence-corrected chi connectivity index (χ2v) is 8.46. The number of rotatable bonds is 9. The Morgan fingerprint density at radius 1 is 1.03 bits per heavy atom. The van der Waals surface area contributed by atoms with Crippen molar-refractivity contribution in [1.29, 1.82) is 0 Å². The number of carbonyl (C=O) groups is 2. The number of imide groups is 1. The lowest BCUT2D eigenvalue weighted by atomic mass is 9.85. The van der Waals surface area contributed by atoms with Crippen LogP contribution in [0.3, 0.4) is 0 Å². The van der Waals surface area contributed by atoms with Crippen LogP contribution in [0.4, 0.5) is 0 Å². The summed E-state index contributed by atoms with van der Waals surface area (Å²) in [5.41, 5.74) is 1.34. The summed E-state index contributed by atoms with van der Waals surface area (Å²) in [6, 6.07) is 10.5. The Bertz CT molecular complexity index is 796. The highest BCUT2D eigenvalue weighted by Gasteiger charge is 2.58. The van der Waals surface area contributed by atoms with Crippen molar-refractivity contribution in [3.63, 3.8) is 0 Å². The van der Waals surface area contributed by atoms with Crippen molar-refractivity contribution in [3.8, 4) is 0 Å². The predicted molar refractivity (Wildman–Crippen MR) is 133 cm³/mol. The first-order valence-electron chi connectivity index (χ1n) is 11.3. The molecule has 2 N–H and O–H groups in total. The van der Waals surface area contributed by atoms with Crippen molar-refractivity contribution < 1.29 is 9.59 Å². The van der Waals surface area contributed by atoms with E-state index in [-0.39, 0.29) is 59.5 Å². The minimum Gasteiger partial charge on any atom is -0.357 e. The number of amides is 2. The van der Waals surface area contributed by atoms with Crippen LogP contribution in [-0.2, 0) is 16.0 Å². The Kier molecular flexibility index (Phi) is 8.51. The third-order valence-corrected chi connectivity index (χ3v) is 6.49. The number of benzene rings is 1. The second-order valence-electron chi connectivity index (χ2n) is 8.46. The fraction of sp³-hybridized carbons (Fsp3) is 0.542. The highest BCUT2D eigenvalue weighted by Crippen LogP contribution is 2.52. The maximum absolute atomic E-state index is 12.7. The molecule has 4 rings (SSSR count). The summed E-state index contributed by atoms with van der Waals surface area (Å²) < 4.78 is 0. The molecule has 2 bridgehead atoms. The number of allylic oxidation sites excluding steroid dienone is 2. The van der Waals surface area contributed by atoms with Gasteiger partial charge in [-0.3, -0.25) is 19.5 Å². The summed E-state index contributed by atoms with van der Waals surface area (Å²) in [7, 11) is 0. The Balaban J connectivity index is 0.00000272. The average molecular weight is 536 g/mol. The van der Waals surface area contributed by atoms with Crippen LogP contribution in [0.5, 0.6) is 0 Å². The summed E-state index contributed by atoms with van der Waals surface area (Å²) in [4.78, 5) is 31.6. The molecule has 1 aromatic carbocycles. The van der Waals surface area contributed by atoms with Gasteiger partial charge in [-0.2, -0.15) is 0 Å². The summed E-state index contributed by atoms with van der Waals surface area (Å²) in [5, 5.41) is 6.63. The SMILES string of the molecule is CCNC(=NCCCN1C(=O)C2C3C=CC(C3)C2C1=O)NCCCc1ccccc1.I. The maximum Gasteiger partial charge on any atom is 0.233 e. The van der Waals surface area contributed by atoms with Crippen LogP contribution in [0.15, 0.2) is 47.5 Å². The van der Waals surface area contributed by atoms with Gasteiger partial charge in [0.2, 0.25) is 11.8 Å². The number of aryl methyl sites for hydroxylation is 1. The van der Waals surface area contributed by atoms with Gasteiger partial charge in [-0.15, -0.1) is 24.0 Å². The van der Waals surface area contributed by atoms with Gasteiger partial charge in [-0.25, -0.2) is 0 Å². The number of carbonyl (C=O) groups excluding carboxylic acids is 2. The van der Waals surface area contributed by atoms with Crippen LogP contribution in [-0.4, -0.2) is 48.9 Å². The third-order valence-electron chi connectivity index (χ3n) is 6.49. The normalized spacial score (nSPS) is 26.2. The van der Waals surface area contributed by atoms with E-state index in [0.29, 0.717) is 19.5 Å². The monoisotopic (exact) mass is 536 g/mol. The molecular formula is C24H33IN4O2.